The molecule has 2 aromatic carbocycles. The second kappa shape index (κ2) is 9.30. The van der Waals surface area contributed by atoms with Gasteiger partial charge < -0.3 is 14.8 Å². The Balaban J connectivity index is 1.68. The Bertz CT molecular complexity index is 823. The van der Waals surface area contributed by atoms with Gasteiger partial charge in [-0.3, -0.25) is 9.69 Å². The van der Waals surface area contributed by atoms with E-state index in [1.165, 1.54) is 32.6 Å². The van der Waals surface area contributed by atoms with Gasteiger partial charge >= 0.3 is 0 Å². The van der Waals surface area contributed by atoms with Gasteiger partial charge in [0.2, 0.25) is 0 Å². The molecular formula is C22H27ClN2O3. The molecule has 0 saturated carbocycles. The lowest BCUT2D eigenvalue weighted by atomic mass is 9.99. The van der Waals surface area contributed by atoms with Crippen LogP contribution in [0.5, 0.6) is 11.5 Å². The number of nitrogens with zero attached hydrogens (tertiary/aromatic N) is 1. The average Bonchev–Trinajstić information content (AvgIpc) is 2.69. The molecule has 0 unspecified atom stereocenters. The lowest BCUT2D eigenvalue weighted by Gasteiger charge is -2.30. The van der Waals surface area contributed by atoms with Crippen molar-refractivity contribution in [3.8, 4) is 11.5 Å². The molecule has 0 aromatic heterocycles. The van der Waals surface area contributed by atoms with Crippen molar-refractivity contribution in [1.29, 1.82) is 0 Å². The van der Waals surface area contributed by atoms with E-state index >= 15 is 0 Å². The van der Waals surface area contributed by atoms with Crippen LogP contribution in [0.3, 0.4) is 0 Å². The molecule has 0 aliphatic carbocycles. The van der Waals surface area contributed by atoms with Crippen LogP contribution in [-0.4, -0.2) is 38.1 Å². The summed E-state index contributed by atoms with van der Waals surface area (Å²) in [5.41, 5.74) is 2.32. The minimum Gasteiger partial charge on any atom is -0.495 e. The number of likely N-dealkylation sites (tertiary alicyclic amines) is 1. The van der Waals surface area contributed by atoms with Gasteiger partial charge in [0.25, 0.3) is 5.91 Å². The maximum absolute atomic E-state index is 12.7. The number of ether oxygens (including phenoxy) is 2. The van der Waals surface area contributed by atoms with Gasteiger partial charge in [-0.1, -0.05) is 30.7 Å². The summed E-state index contributed by atoms with van der Waals surface area (Å²) in [6.07, 6.45) is 2.57. The molecule has 5 nitrogen and oxygen atoms in total. The highest BCUT2D eigenvalue weighted by atomic mass is 35.5. The van der Waals surface area contributed by atoms with Gasteiger partial charge in [0.15, 0.2) is 0 Å². The Morgan fingerprint density at radius 1 is 1.18 bits per heavy atom. The molecule has 1 atom stereocenters. The first kappa shape index (κ1) is 20.5. The molecule has 28 heavy (non-hydrogen) atoms. The molecule has 0 bridgehead atoms. The molecule has 0 spiro atoms. The minimum absolute atomic E-state index is 0.208. The number of anilines is 1. The summed E-state index contributed by atoms with van der Waals surface area (Å²) in [6, 6.07) is 11.0. The van der Waals surface area contributed by atoms with Gasteiger partial charge in [-0.15, -0.1) is 0 Å². The molecule has 1 aliphatic rings. The van der Waals surface area contributed by atoms with E-state index in [0.717, 1.165) is 25.6 Å². The number of benzene rings is 2. The van der Waals surface area contributed by atoms with E-state index in [-0.39, 0.29) is 5.91 Å². The van der Waals surface area contributed by atoms with Crippen LogP contribution in [0.1, 0.15) is 35.7 Å². The van der Waals surface area contributed by atoms with Gasteiger partial charge in [-0.05, 0) is 43.0 Å². The van der Waals surface area contributed by atoms with Crippen LogP contribution in [-0.2, 0) is 6.54 Å². The number of carbonyl (C=O) groups excluding carboxylic acids is 1. The Kier molecular flexibility index (Phi) is 6.81. The first-order valence-corrected chi connectivity index (χ1v) is 9.92. The van der Waals surface area contributed by atoms with E-state index in [0.29, 0.717) is 27.8 Å². The third kappa shape index (κ3) is 4.97. The Hall–Kier alpha value is -2.24. The van der Waals surface area contributed by atoms with Crippen molar-refractivity contribution in [2.75, 3.05) is 32.6 Å². The van der Waals surface area contributed by atoms with Gasteiger partial charge in [-0.25, -0.2) is 0 Å². The van der Waals surface area contributed by atoms with E-state index in [2.05, 4.69) is 17.1 Å². The van der Waals surface area contributed by atoms with Crippen molar-refractivity contribution in [2.24, 2.45) is 5.92 Å². The highest BCUT2D eigenvalue weighted by Crippen LogP contribution is 2.36. The fourth-order valence-electron chi connectivity index (χ4n) is 3.60. The van der Waals surface area contributed by atoms with E-state index in [4.69, 9.17) is 21.1 Å². The molecule has 2 aromatic rings. The van der Waals surface area contributed by atoms with Gasteiger partial charge in [0.05, 0.1) is 24.9 Å². The summed E-state index contributed by atoms with van der Waals surface area (Å²) in [5.74, 6) is 1.50. The van der Waals surface area contributed by atoms with E-state index in [1.807, 2.05) is 24.3 Å². The first-order chi connectivity index (χ1) is 13.5. The third-order valence-corrected chi connectivity index (χ3v) is 5.38. The average molecular weight is 403 g/mol. The summed E-state index contributed by atoms with van der Waals surface area (Å²) in [7, 11) is 3.06. The number of carbonyl (C=O) groups is 1. The molecule has 0 radical (unpaired) electrons. The van der Waals surface area contributed by atoms with Gasteiger partial charge in [-0.2, -0.15) is 0 Å². The van der Waals surface area contributed by atoms with E-state index in [1.54, 1.807) is 12.1 Å². The third-order valence-electron chi connectivity index (χ3n) is 5.09. The standard InChI is InChI=1S/C22H27ClN2O3/c1-15-5-4-10-25(13-15)14-16-6-8-17(9-7-16)22(26)24-19-12-20(27-2)18(23)11-21(19)28-3/h6-9,11-12,15H,4-5,10,13-14H2,1-3H3,(H,24,26)/t15-/m1/s1. The van der Waals surface area contributed by atoms with Crippen LogP contribution in [0, 0.1) is 5.92 Å². The molecule has 1 aliphatic heterocycles. The largest absolute Gasteiger partial charge is 0.495 e. The summed E-state index contributed by atoms with van der Waals surface area (Å²) < 4.78 is 10.5. The molecule has 1 heterocycles. The van der Waals surface area contributed by atoms with Gasteiger partial charge in [0.1, 0.15) is 11.5 Å². The van der Waals surface area contributed by atoms with Crippen molar-refractivity contribution >= 4 is 23.2 Å². The van der Waals surface area contributed by atoms with Gasteiger partial charge in [0, 0.05) is 30.8 Å². The van der Waals surface area contributed by atoms with E-state index in [9.17, 15) is 4.79 Å². The zero-order valence-electron chi connectivity index (χ0n) is 16.6. The van der Waals surface area contributed by atoms with E-state index < -0.39 is 0 Å². The Labute approximate surface area is 171 Å². The molecule has 1 amide bonds. The monoisotopic (exact) mass is 402 g/mol. The molecule has 1 saturated heterocycles. The number of methoxy groups -OCH3 is 2. The maximum atomic E-state index is 12.7. The quantitative estimate of drug-likeness (QED) is 0.751. The molecule has 150 valence electrons. The predicted molar refractivity (Wildman–Crippen MR) is 113 cm³/mol. The number of nitrogens with one attached hydrogen (secondary N) is 1. The lowest BCUT2D eigenvalue weighted by Crippen LogP contribution is -2.33. The van der Waals surface area contributed by atoms with Crippen molar-refractivity contribution in [1.82, 2.24) is 4.90 Å². The van der Waals surface area contributed by atoms with Crippen LogP contribution in [0.4, 0.5) is 5.69 Å². The number of hydrogen-bond acceptors (Lipinski definition) is 4. The van der Waals surface area contributed by atoms with Crippen molar-refractivity contribution in [3.05, 3.63) is 52.5 Å². The number of rotatable bonds is 6. The summed E-state index contributed by atoms with van der Waals surface area (Å²) in [6.45, 7) is 5.51. The normalized spacial score (nSPS) is 17.2. The first-order valence-electron chi connectivity index (χ1n) is 9.54. The fraction of sp³-hybridized carbons (Fsp3) is 0.409. The fourth-order valence-corrected chi connectivity index (χ4v) is 3.83. The number of piperidine rings is 1. The Morgan fingerprint density at radius 3 is 2.54 bits per heavy atom. The number of hydrogen-bond donors (Lipinski definition) is 1. The second-order valence-corrected chi connectivity index (χ2v) is 7.73. The van der Waals surface area contributed by atoms with Crippen LogP contribution >= 0.6 is 11.6 Å². The van der Waals surface area contributed by atoms with Crippen LogP contribution in [0.15, 0.2) is 36.4 Å². The SMILES string of the molecule is COc1cc(NC(=O)c2ccc(CN3CCC[C@@H](C)C3)cc2)c(OC)cc1Cl. The topological polar surface area (TPSA) is 50.8 Å². The van der Waals surface area contributed by atoms with Crippen LogP contribution in [0.25, 0.3) is 0 Å². The highest BCUT2D eigenvalue weighted by molar-refractivity contribution is 6.32. The van der Waals surface area contributed by atoms with Crippen molar-refractivity contribution < 1.29 is 14.3 Å². The molecule has 1 N–H and O–H groups in total. The summed E-state index contributed by atoms with van der Waals surface area (Å²) in [4.78, 5) is 15.1. The summed E-state index contributed by atoms with van der Waals surface area (Å²) in [5, 5.41) is 3.30. The number of halogens is 1. The van der Waals surface area contributed by atoms with Crippen LogP contribution in [0.2, 0.25) is 5.02 Å². The number of amides is 1. The second-order valence-electron chi connectivity index (χ2n) is 7.32. The van der Waals surface area contributed by atoms with Crippen LogP contribution < -0.4 is 14.8 Å². The summed E-state index contributed by atoms with van der Waals surface area (Å²) >= 11 is 6.12. The zero-order chi connectivity index (χ0) is 20.1. The molecule has 6 heteroatoms. The lowest BCUT2D eigenvalue weighted by molar-refractivity contribution is 0.102. The van der Waals surface area contributed by atoms with Crippen molar-refractivity contribution in [3.63, 3.8) is 0 Å². The maximum Gasteiger partial charge on any atom is 0.255 e. The molecule has 1 fully saturated rings. The Morgan fingerprint density at radius 2 is 1.89 bits per heavy atom. The molecular weight excluding hydrogens is 376 g/mol. The highest BCUT2D eigenvalue weighted by Gasteiger charge is 2.17. The minimum atomic E-state index is -0.208. The van der Waals surface area contributed by atoms with Crippen molar-refractivity contribution in [2.45, 2.75) is 26.3 Å². The zero-order valence-corrected chi connectivity index (χ0v) is 17.4. The smallest absolute Gasteiger partial charge is 0.255 e. The predicted octanol–water partition coefficient (Wildman–Crippen LogP) is 4.84. The molecule has 3 rings (SSSR count).